The van der Waals surface area contributed by atoms with Crippen molar-refractivity contribution in [2.75, 3.05) is 6.61 Å². The average molecular weight is 929 g/mol. The molecule has 66 heavy (non-hydrogen) atoms. The van der Waals surface area contributed by atoms with E-state index in [2.05, 4.69) is 31.3 Å². The molecule has 0 aromatic rings. The van der Waals surface area contributed by atoms with Crippen LogP contribution in [0.2, 0.25) is 0 Å². The van der Waals surface area contributed by atoms with E-state index < -0.39 is 12.1 Å². The number of carbonyl (C=O) groups is 1. The summed E-state index contributed by atoms with van der Waals surface area (Å²) in [6.07, 6.45) is 77.9. The first kappa shape index (κ1) is 64.9. The van der Waals surface area contributed by atoms with E-state index in [4.69, 9.17) is 0 Å². The third-order valence-electron chi connectivity index (χ3n) is 14.4. The molecule has 0 spiro atoms. The van der Waals surface area contributed by atoms with Gasteiger partial charge in [-0.25, -0.2) is 0 Å². The third-order valence-corrected chi connectivity index (χ3v) is 14.4. The predicted molar refractivity (Wildman–Crippen MR) is 295 cm³/mol. The lowest BCUT2D eigenvalue weighted by Gasteiger charge is -2.20. The standard InChI is InChI=1S/C62H121NO3/c1-3-5-7-9-11-13-15-17-19-21-23-25-27-29-30-31-32-34-36-38-40-42-44-46-48-50-52-54-56-58-62(66)63-60(59-64)61(65)57-55-53-51-49-47-45-43-41-39-37-35-33-28-26-24-22-20-18-16-14-12-10-8-6-4-2/h21,23,55,57,60-61,64-65H,3-20,22,24-54,56,58-59H2,1-2H3,(H,63,66)/b23-21-,57-55+. The average Bonchev–Trinajstić information content (AvgIpc) is 3.32. The van der Waals surface area contributed by atoms with E-state index in [0.717, 1.165) is 25.7 Å². The predicted octanol–water partition coefficient (Wildman–Crippen LogP) is 20.3. The molecule has 0 bridgehead atoms. The van der Waals surface area contributed by atoms with Gasteiger partial charge in [0.15, 0.2) is 0 Å². The van der Waals surface area contributed by atoms with E-state index in [-0.39, 0.29) is 12.5 Å². The summed E-state index contributed by atoms with van der Waals surface area (Å²) in [5.74, 6) is -0.0565. The second kappa shape index (κ2) is 58.2. The number of aliphatic hydroxyl groups is 2. The molecule has 0 aliphatic heterocycles. The Bertz CT molecular complexity index is 963. The number of allylic oxidation sites excluding steroid dienone is 3. The molecule has 392 valence electrons. The van der Waals surface area contributed by atoms with Gasteiger partial charge in [-0.2, -0.15) is 0 Å². The van der Waals surface area contributed by atoms with Crippen LogP contribution in [0.1, 0.15) is 348 Å². The SMILES string of the molecule is CCCCCCCCCC/C=C\CCCCCCCCCCCCCCCCCCCC(=O)NC(CO)C(O)/C=C/CCCCCCCCCCCCCCCCCCCCCCCCC. The number of aliphatic hydroxyl groups excluding tert-OH is 2. The lowest BCUT2D eigenvalue weighted by molar-refractivity contribution is -0.123. The van der Waals surface area contributed by atoms with Gasteiger partial charge in [0.05, 0.1) is 18.8 Å². The van der Waals surface area contributed by atoms with Gasteiger partial charge in [0.2, 0.25) is 5.91 Å². The molecule has 0 aromatic heterocycles. The van der Waals surface area contributed by atoms with Gasteiger partial charge in [0, 0.05) is 6.42 Å². The van der Waals surface area contributed by atoms with Crippen LogP contribution in [0.15, 0.2) is 24.3 Å². The number of nitrogens with one attached hydrogen (secondary N) is 1. The molecular weight excluding hydrogens is 807 g/mol. The lowest BCUT2D eigenvalue weighted by Crippen LogP contribution is -2.45. The summed E-state index contributed by atoms with van der Waals surface area (Å²) in [6, 6.07) is -0.621. The first-order valence-corrected chi connectivity index (χ1v) is 30.6. The summed E-state index contributed by atoms with van der Waals surface area (Å²) < 4.78 is 0. The molecule has 4 nitrogen and oxygen atoms in total. The van der Waals surface area contributed by atoms with Gasteiger partial charge in [-0.15, -0.1) is 0 Å². The van der Waals surface area contributed by atoms with Crippen LogP contribution in [0.3, 0.4) is 0 Å². The molecule has 2 unspecified atom stereocenters. The van der Waals surface area contributed by atoms with Crippen LogP contribution in [0.4, 0.5) is 0 Å². The first-order chi connectivity index (χ1) is 32.7. The normalized spacial score (nSPS) is 12.8. The van der Waals surface area contributed by atoms with Crippen molar-refractivity contribution < 1.29 is 15.0 Å². The van der Waals surface area contributed by atoms with E-state index >= 15 is 0 Å². The smallest absolute Gasteiger partial charge is 0.220 e. The topological polar surface area (TPSA) is 69.6 Å². The van der Waals surface area contributed by atoms with E-state index in [1.807, 2.05) is 6.08 Å². The monoisotopic (exact) mass is 928 g/mol. The number of amides is 1. The van der Waals surface area contributed by atoms with Crippen LogP contribution in [-0.4, -0.2) is 34.9 Å². The Kier molecular flexibility index (Phi) is 57.2. The summed E-state index contributed by atoms with van der Waals surface area (Å²) in [5, 5.41) is 23.2. The van der Waals surface area contributed by atoms with E-state index in [1.54, 1.807) is 6.08 Å². The minimum absolute atomic E-state index is 0.0565. The van der Waals surface area contributed by atoms with Crippen molar-refractivity contribution in [3.63, 3.8) is 0 Å². The number of hydrogen-bond donors (Lipinski definition) is 3. The minimum Gasteiger partial charge on any atom is -0.394 e. The number of rotatable bonds is 57. The second-order valence-corrected chi connectivity index (χ2v) is 21.1. The van der Waals surface area contributed by atoms with Crippen molar-refractivity contribution in [1.29, 1.82) is 0 Å². The van der Waals surface area contributed by atoms with Crippen LogP contribution < -0.4 is 5.32 Å². The highest BCUT2D eigenvalue weighted by Gasteiger charge is 2.18. The Morgan fingerprint density at radius 2 is 0.576 bits per heavy atom. The van der Waals surface area contributed by atoms with Gasteiger partial charge in [-0.1, -0.05) is 321 Å². The van der Waals surface area contributed by atoms with Crippen LogP contribution in [0, 0.1) is 0 Å². The third kappa shape index (κ3) is 53.8. The Hall–Kier alpha value is -1.13. The van der Waals surface area contributed by atoms with E-state index in [0.29, 0.717) is 6.42 Å². The van der Waals surface area contributed by atoms with Gasteiger partial charge in [0.25, 0.3) is 0 Å². The van der Waals surface area contributed by atoms with Gasteiger partial charge < -0.3 is 15.5 Å². The summed E-state index contributed by atoms with van der Waals surface area (Å²) >= 11 is 0. The highest BCUT2D eigenvalue weighted by molar-refractivity contribution is 5.76. The molecular formula is C62H121NO3. The Labute approximate surface area is 415 Å². The Balaban J connectivity index is 3.44. The van der Waals surface area contributed by atoms with Crippen LogP contribution in [0.25, 0.3) is 0 Å². The number of unbranched alkanes of at least 4 members (excludes halogenated alkanes) is 48. The fraction of sp³-hybridized carbons (Fsp3) is 0.919. The minimum atomic E-state index is -0.838. The van der Waals surface area contributed by atoms with E-state index in [1.165, 1.54) is 302 Å². The van der Waals surface area contributed by atoms with Crippen molar-refractivity contribution in [1.82, 2.24) is 5.32 Å². The maximum Gasteiger partial charge on any atom is 0.220 e. The van der Waals surface area contributed by atoms with Crippen LogP contribution in [-0.2, 0) is 4.79 Å². The second-order valence-electron chi connectivity index (χ2n) is 21.1. The Morgan fingerprint density at radius 3 is 0.833 bits per heavy atom. The number of carbonyl (C=O) groups excluding carboxylic acids is 1. The summed E-state index contributed by atoms with van der Waals surface area (Å²) in [4.78, 5) is 12.5. The van der Waals surface area contributed by atoms with Crippen molar-refractivity contribution in [3.8, 4) is 0 Å². The maximum absolute atomic E-state index is 12.5. The largest absolute Gasteiger partial charge is 0.394 e. The van der Waals surface area contributed by atoms with Gasteiger partial charge in [-0.05, 0) is 44.9 Å². The molecule has 0 rings (SSSR count). The van der Waals surface area contributed by atoms with Crippen molar-refractivity contribution in [2.45, 2.75) is 360 Å². The van der Waals surface area contributed by atoms with Gasteiger partial charge in [-0.3, -0.25) is 4.79 Å². The lowest BCUT2D eigenvalue weighted by atomic mass is 10.0. The molecule has 3 N–H and O–H groups in total. The fourth-order valence-electron chi connectivity index (χ4n) is 9.77. The molecule has 4 heteroatoms. The zero-order chi connectivity index (χ0) is 47.7. The molecule has 0 aromatic carbocycles. The molecule has 1 amide bonds. The quantitative estimate of drug-likeness (QED) is 0.0420. The molecule has 0 aliphatic carbocycles. The van der Waals surface area contributed by atoms with Crippen molar-refractivity contribution in [3.05, 3.63) is 24.3 Å². The fourth-order valence-corrected chi connectivity index (χ4v) is 9.77. The maximum atomic E-state index is 12.5. The zero-order valence-electron chi connectivity index (χ0n) is 45.2. The molecule has 2 atom stereocenters. The van der Waals surface area contributed by atoms with Crippen molar-refractivity contribution >= 4 is 5.91 Å². The molecule has 0 heterocycles. The highest BCUT2D eigenvalue weighted by Crippen LogP contribution is 2.18. The first-order valence-electron chi connectivity index (χ1n) is 30.6. The molecule has 0 saturated heterocycles. The summed E-state index contributed by atoms with van der Waals surface area (Å²) in [5.41, 5.74) is 0. The van der Waals surface area contributed by atoms with Gasteiger partial charge in [0.1, 0.15) is 0 Å². The zero-order valence-corrected chi connectivity index (χ0v) is 45.2. The Morgan fingerprint density at radius 1 is 0.348 bits per heavy atom. The molecule has 0 fully saturated rings. The van der Waals surface area contributed by atoms with E-state index in [9.17, 15) is 15.0 Å². The molecule has 0 radical (unpaired) electrons. The van der Waals surface area contributed by atoms with Crippen molar-refractivity contribution in [2.24, 2.45) is 0 Å². The highest BCUT2D eigenvalue weighted by atomic mass is 16.3. The van der Waals surface area contributed by atoms with Gasteiger partial charge >= 0.3 is 0 Å². The van der Waals surface area contributed by atoms with Crippen LogP contribution >= 0.6 is 0 Å². The number of hydrogen-bond acceptors (Lipinski definition) is 3. The molecule has 0 aliphatic rings. The summed E-state index contributed by atoms with van der Waals surface area (Å²) in [7, 11) is 0. The molecule has 0 saturated carbocycles. The summed E-state index contributed by atoms with van der Waals surface area (Å²) in [6.45, 7) is 4.35. The van der Waals surface area contributed by atoms with Crippen LogP contribution in [0.5, 0.6) is 0 Å².